The molecule has 2 aromatic heterocycles. The van der Waals surface area contributed by atoms with Crippen LogP contribution >= 0.6 is 0 Å². The lowest BCUT2D eigenvalue weighted by molar-refractivity contribution is -0.274. The molecule has 3 aromatic rings. The molecule has 11 nitrogen and oxygen atoms in total. The maximum Gasteiger partial charge on any atom is 0.573 e. The molecule has 1 saturated heterocycles. The third-order valence-electron chi connectivity index (χ3n) is 6.87. The number of alkyl halides is 3. The molecule has 1 fully saturated rings. The van der Waals surface area contributed by atoms with E-state index in [0.29, 0.717) is 4.90 Å². The van der Waals surface area contributed by atoms with Crippen LogP contribution in [0.15, 0.2) is 61.2 Å². The number of urea groups is 1. The quantitative estimate of drug-likeness (QED) is 0.345. The molecule has 0 radical (unpaired) electrons. The van der Waals surface area contributed by atoms with Gasteiger partial charge in [0.2, 0.25) is 0 Å². The number of aromatic carboxylic acids is 2. The van der Waals surface area contributed by atoms with Crippen molar-refractivity contribution < 1.29 is 47.3 Å². The summed E-state index contributed by atoms with van der Waals surface area (Å²) in [4.78, 5) is 59.9. The molecule has 1 aliphatic rings. The van der Waals surface area contributed by atoms with Gasteiger partial charge < -0.3 is 20.3 Å². The minimum atomic E-state index is -4.96. The van der Waals surface area contributed by atoms with Crippen LogP contribution in [-0.2, 0) is 4.79 Å². The second-order valence-corrected chi connectivity index (χ2v) is 8.96. The van der Waals surface area contributed by atoms with Crippen molar-refractivity contribution in [3.05, 3.63) is 83.4 Å². The van der Waals surface area contributed by atoms with E-state index in [1.807, 2.05) is 0 Å². The zero-order valence-corrected chi connectivity index (χ0v) is 20.8. The Morgan fingerprint density at radius 3 is 1.80 bits per heavy atom. The highest BCUT2D eigenvalue weighted by Crippen LogP contribution is 2.46. The van der Waals surface area contributed by atoms with Gasteiger partial charge in [-0.1, -0.05) is 13.8 Å². The Labute approximate surface area is 224 Å². The molecule has 3 N–H and O–H groups in total. The first-order chi connectivity index (χ1) is 18.8. The molecule has 40 heavy (non-hydrogen) atoms. The number of hydrogen-bond acceptors (Lipinski definition) is 7. The molecule has 1 aromatic carbocycles. The largest absolute Gasteiger partial charge is 0.573 e. The predicted octanol–water partition coefficient (Wildman–Crippen LogP) is 4.17. The van der Waals surface area contributed by atoms with Crippen molar-refractivity contribution in [3.63, 3.8) is 0 Å². The lowest BCUT2D eigenvalue weighted by Crippen LogP contribution is -2.55. The lowest BCUT2D eigenvalue weighted by Gasteiger charge is -2.39. The van der Waals surface area contributed by atoms with Crippen LogP contribution in [0.3, 0.4) is 0 Å². The number of nitrogens with one attached hydrogen (secondary N) is 1. The van der Waals surface area contributed by atoms with Crippen molar-refractivity contribution in [1.82, 2.24) is 15.3 Å². The number of rotatable bonds is 8. The fraction of sp³-hybridized carbons (Fsp3) is 0.231. The van der Waals surface area contributed by atoms with E-state index in [2.05, 4.69) is 20.0 Å². The number of amides is 3. The number of benzene rings is 1. The molecule has 0 bridgehead atoms. The molecule has 0 aliphatic carbocycles. The van der Waals surface area contributed by atoms with Crippen LogP contribution in [0.1, 0.15) is 57.5 Å². The Balaban J connectivity index is 1.88. The predicted molar refractivity (Wildman–Crippen MR) is 131 cm³/mol. The lowest BCUT2D eigenvalue weighted by atomic mass is 9.68. The molecule has 4 rings (SSSR count). The van der Waals surface area contributed by atoms with Crippen molar-refractivity contribution in [2.45, 2.75) is 37.6 Å². The number of imide groups is 1. The topological polar surface area (TPSA) is 159 Å². The molecule has 0 saturated carbocycles. The van der Waals surface area contributed by atoms with Gasteiger partial charge in [0.15, 0.2) is 0 Å². The van der Waals surface area contributed by atoms with E-state index in [1.165, 1.54) is 38.4 Å². The maximum absolute atomic E-state index is 14.2. The van der Waals surface area contributed by atoms with Gasteiger partial charge in [0, 0.05) is 36.6 Å². The number of hydrogen-bond donors (Lipinski definition) is 3. The Bertz CT molecular complexity index is 1430. The summed E-state index contributed by atoms with van der Waals surface area (Å²) in [7, 11) is 0. The SMILES string of the molecule is CC(c1ccncc1C(=O)O)C1(C(C)c2ccncc2C(=O)O)NC(=O)N(c2ccc(OC(F)(F)F)cc2)C1=O. The van der Waals surface area contributed by atoms with Gasteiger partial charge in [-0.3, -0.25) is 14.8 Å². The van der Waals surface area contributed by atoms with E-state index >= 15 is 0 Å². The zero-order chi connectivity index (χ0) is 29.4. The van der Waals surface area contributed by atoms with Gasteiger partial charge in [0.1, 0.15) is 11.3 Å². The molecule has 0 spiro atoms. The van der Waals surface area contributed by atoms with Gasteiger partial charge in [-0.15, -0.1) is 13.2 Å². The monoisotopic (exact) mass is 558 g/mol. The van der Waals surface area contributed by atoms with Gasteiger partial charge in [-0.05, 0) is 47.5 Å². The average molecular weight is 558 g/mol. The van der Waals surface area contributed by atoms with Crippen molar-refractivity contribution in [1.29, 1.82) is 0 Å². The summed E-state index contributed by atoms with van der Waals surface area (Å²) in [6, 6.07) is 5.80. The zero-order valence-electron chi connectivity index (χ0n) is 20.8. The van der Waals surface area contributed by atoms with Crippen molar-refractivity contribution >= 4 is 29.6 Å². The molecule has 3 amide bonds. The summed E-state index contributed by atoms with van der Waals surface area (Å²) in [5, 5.41) is 22.2. The van der Waals surface area contributed by atoms with Crippen LogP contribution in [0.25, 0.3) is 0 Å². The first-order valence-corrected chi connectivity index (χ1v) is 11.6. The normalized spacial score (nSPS) is 18.7. The number of carbonyl (C=O) groups excluding carboxylic acids is 2. The fourth-order valence-electron chi connectivity index (χ4n) is 4.97. The molecular weight excluding hydrogens is 537 g/mol. The summed E-state index contributed by atoms with van der Waals surface area (Å²) in [6.45, 7) is 3.00. The van der Waals surface area contributed by atoms with E-state index in [-0.39, 0.29) is 27.9 Å². The Kier molecular flexibility index (Phi) is 7.20. The third-order valence-corrected chi connectivity index (χ3v) is 6.87. The van der Waals surface area contributed by atoms with Crippen LogP contribution in [0, 0.1) is 0 Å². The average Bonchev–Trinajstić information content (AvgIpc) is 3.17. The van der Waals surface area contributed by atoms with Gasteiger partial charge >= 0.3 is 24.3 Å². The molecule has 3 heterocycles. The summed E-state index contributed by atoms with van der Waals surface area (Å²) in [5.41, 5.74) is -2.28. The number of nitrogens with zero attached hydrogens (tertiary/aromatic N) is 3. The molecule has 14 heteroatoms. The number of ether oxygens (including phenoxy) is 1. The first-order valence-electron chi connectivity index (χ1n) is 11.6. The number of aromatic nitrogens is 2. The second kappa shape index (κ2) is 10.3. The van der Waals surface area contributed by atoms with Gasteiger partial charge in [-0.25, -0.2) is 19.3 Å². The third kappa shape index (κ3) is 4.90. The number of carboxylic acids is 2. The molecule has 1 aliphatic heterocycles. The smallest absolute Gasteiger partial charge is 0.478 e. The standard InChI is InChI=1S/C26H21F3N4O7/c1-13(17-7-9-30-11-19(17)21(34)35)25(14(2)18-8-10-31-12-20(18)22(36)37)23(38)33(24(39)32-25)15-3-5-16(6-4-15)40-26(27,28)29/h3-14H,1-2H3,(H,32,39)(H,34,35)(H,36,37). The highest BCUT2D eigenvalue weighted by atomic mass is 19.4. The van der Waals surface area contributed by atoms with Crippen molar-refractivity contribution in [2.24, 2.45) is 0 Å². The van der Waals surface area contributed by atoms with Crippen LogP contribution in [-0.4, -0.2) is 56.0 Å². The minimum Gasteiger partial charge on any atom is -0.478 e. The molecule has 208 valence electrons. The summed E-state index contributed by atoms with van der Waals surface area (Å²) >= 11 is 0. The van der Waals surface area contributed by atoms with Crippen LogP contribution < -0.4 is 15.0 Å². The maximum atomic E-state index is 14.2. The van der Waals surface area contributed by atoms with Crippen LogP contribution in [0.2, 0.25) is 0 Å². The highest BCUT2D eigenvalue weighted by molar-refractivity contribution is 6.24. The van der Waals surface area contributed by atoms with Gasteiger partial charge in [-0.2, -0.15) is 0 Å². The van der Waals surface area contributed by atoms with Gasteiger partial charge in [0.25, 0.3) is 5.91 Å². The van der Waals surface area contributed by atoms with Crippen LogP contribution in [0.5, 0.6) is 5.75 Å². The summed E-state index contributed by atoms with van der Waals surface area (Å²) < 4.78 is 41.7. The van der Waals surface area contributed by atoms with E-state index in [0.717, 1.165) is 36.7 Å². The number of pyridine rings is 2. The molecule has 2 atom stereocenters. The van der Waals surface area contributed by atoms with Gasteiger partial charge in [0.05, 0.1) is 16.8 Å². The van der Waals surface area contributed by atoms with E-state index in [4.69, 9.17) is 0 Å². The van der Waals surface area contributed by atoms with E-state index in [9.17, 15) is 42.6 Å². The Hall–Kier alpha value is -5.01. The van der Waals surface area contributed by atoms with Crippen molar-refractivity contribution in [3.8, 4) is 5.75 Å². The minimum absolute atomic E-state index is 0.0975. The van der Waals surface area contributed by atoms with Crippen LogP contribution in [0.4, 0.5) is 23.7 Å². The fourth-order valence-corrected chi connectivity index (χ4v) is 4.97. The number of anilines is 1. The Morgan fingerprint density at radius 1 is 0.900 bits per heavy atom. The summed E-state index contributed by atoms with van der Waals surface area (Å²) in [5.74, 6) is -6.30. The second-order valence-electron chi connectivity index (χ2n) is 8.96. The highest BCUT2D eigenvalue weighted by Gasteiger charge is 2.59. The Morgan fingerprint density at radius 2 is 1.38 bits per heavy atom. The summed E-state index contributed by atoms with van der Waals surface area (Å²) in [6.07, 6.45) is -0.171. The van der Waals surface area contributed by atoms with E-state index < -0.39 is 53.4 Å². The van der Waals surface area contributed by atoms with Crippen molar-refractivity contribution in [2.75, 3.05) is 4.90 Å². The number of carbonyl (C=O) groups is 4. The first kappa shape index (κ1) is 28.0. The number of halogens is 3. The molecule has 2 unspecified atom stereocenters. The van der Waals surface area contributed by atoms with E-state index in [1.54, 1.807) is 0 Å². The molecular formula is C26H21F3N4O7. The number of carboxylic acid groups (broad SMARTS) is 2.